The third-order valence-electron chi connectivity index (χ3n) is 6.14. The Hall–Kier alpha value is -4.59. The van der Waals surface area contributed by atoms with Gasteiger partial charge in [-0.3, -0.25) is 4.79 Å². The van der Waals surface area contributed by atoms with E-state index < -0.39 is 6.04 Å². The van der Waals surface area contributed by atoms with Crippen LogP contribution in [0, 0.1) is 6.92 Å². The summed E-state index contributed by atoms with van der Waals surface area (Å²) in [4.78, 5) is 18.4. The first-order valence-electron chi connectivity index (χ1n) is 11.6. The first-order valence-corrected chi connectivity index (χ1v) is 11.6. The largest absolute Gasteiger partial charge is 0.497 e. The number of amides is 1. The number of nitrogens with one attached hydrogen (secondary N) is 2. The van der Waals surface area contributed by atoms with Gasteiger partial charge in [0.05, 0.1) is 19.8 Å². The van der Waals surface area contributed by atoms with Crippen molar-refractivity contribution in [3.63, 3.8) is 0 Å². The van der Waals surface area contributed by atoms with Crippen molar-refractivity contribution < 1.29 is 14.3 Å². The van der Waals surface area contributed by atoms with E-state index in [4.69, 9.17) is 19.6 Å². The number of aromatic nitrogens is 3. The van der Waals surface area contributed by atoms with Gasteiger partial charge in [-0.15, -0.1) is 5.10 Å². The molecule has 1 atom stereocenters. The van der Waals surface area contributed by atoms with Crippen LogP contribution in [-0.4, -0.2) is 34.9 Å². The average Bonchev–Trinajstić information content (AvgIpc) is 3.31. The first kappa shape index (κ1) is 23.2. The molecule has 2 N–H and O–H groups in total. The minimum Gasteiger partial charge on any atom is -0.497 e. The molecule has 3 aromatic carbocycles. The highest BCUT2D eigenvalue weighted by atomic mass is 16.5. The van der Waals surface area contributed by atoms with Gasteiger partial charge in [0.15, 0.2) is 5.82 Å². The van der Waals surface area contributed by atoms with Gasteiger partial charge in [0.1, 0.15) is 17.5 Å². The van der Waals surface area contributed by atoms with Crippen LogP contribution in [-0.2, 0) is 4.79 Å². The predicted molar refractivity (Wildman–Crippen MR) is 139 cm³/mol. The van der Waals surface area contributed by atoms with E-state index in [-0.39, 0.29) is 5.91 Å². The molecule has 0 radical (unpaired) electrons. The number of anilines is 2. The molecule has 0 saturated carbocycles. The van der Waals surface area contributed by atoms with Crippen LogP contribution in [0.5, 0.6) is 11.5 Å². The number of ether oxygens (including phenoxy) is 2. The van der Waals surface area contributed by atoms with Gasteiger partial charge in [-0.2, -0.15) is 4.98 Å². The normalized spacial score (nSPS) is 14.6. The highest BCUT2D eigenvalue weighted by molar-refractivity contribution is 6.06. The number of para-hydroxylation sites is 1. The summed E-state index contributed by atoms with van der Waals surface area (Å²) in [7, 11) is 3.20. The molecule has 0 fully saturated rings. The Balaban J connectivity index is 1.66. The molecule has 4 aromatic rings. The number of fused-ring (bicyclic) bond motifs is 1. The number of nitrogens with zero attached hydrogens (tertiary/aromatic N) is 3. The molecule has 0 bridgehead atoms. The summed E-state index contributed by atoms with van der Waals surface area (Å²) in [5.41, 5.74) is 4.66. The topological polar surface area (TPSA) is 90.3 Å². The van der Waals surface area contributed by atoms with E-state index >= 15 is 0 Å². The van der Waals surface area contributed by atoms with E-state index in [1.54, 1.807) is 25.0 Å². The number of carbonyl (C=O) groups is 1. The van der Waals surface area contributed by atoms with Crippen molar-refractivity contribution in [2.75, 3.05) is 24.9 Å². The fourth-order valence-corrected chi connectivity index (χ4v) is 4.40. The third kappa shape index (κ3) is 4.29. The van der Waals surface area contributed by atoms with E-state index in [0.29, 0.717) is 40.2 Å². The second-order valence-corrected chi connectivity index (χ2v) is 8.57. The lowest BCUT2D eigenvalue weighted by Gasteiger charge is -2.29. The summed E-state index contributed by atoms with van der Waals surface area (Å²) < 4.78 is 12.9. The maximum absolute atomic E-state index is 13.7. The predicted octanol–water partition coefficient (Wildman–Crippen LogP) is 5.20. The first-order chi connectivity index (χ1) is 17.5. The van der Waals surface area contributed by atoms with Crippen LogP contribution in [0.2, 0.25) is 0 Å². The van der Waals surface area contributed by atoms with Crippen LogP contribution in [0.15, 0.2) is 84.1 Å². The number of benzene rings is 3. The van der Waals surface area contributed by atoms with Crippen LogP contribution < -0.4 is 20.1 Å². The van der Waals surface area contributed by atoms with E-state index in [9.17, 15) is 4.79 Å². The second-order valence-electron chi connectivity index (χ2n) is 8.57. The van der Waals surface area contributed by atoms with Crippen molar-refractivity contribution in [3.05, 3.63) is 95.2 Å². The van der Waals surface area contributed by atoms with Crippen LogP contribution >= 0.6 is 0 Å². The smallest absolute Gasteiger partial charge is 0.255 e. The van der Waals surface area contributed by atoms with E-state index in [2.05, 4.69) is 10.6 Å². The number of hydrogen-bond donors (Lipinski definition) is 2. The summed E-state index contributed by atoms with van der Waals surface area (Å²) in [5, 5.41) is 11.2. The molecule has 182 valence electrons. The fourth-order valence-electron chi connectivity index (χ4n) is 4.40. The lowest BCUT2D eigenvalue weighted by Crippen LogP contribution is -2.31. The van der Waals surface area contributed by atoms with Crippen molar-refractivity contribution in [3.8, 4) is 22.9 Å². The Morgan fingerprint density at radius 1 is 0.972 bits per heavy atom. The quantitative estimate of drug-likeness (QED) is 0.394. The Kier molecular flexibility index (Phi) is 6.16. The molecule has 5 rings (SSSR count). The van der Waals surface area contributed by atoms with Crippen LogP contribution in [0.1, 0.15) is 24.1 Å². The number of allylic oxidation sites excluding steroid dienone is 1. The molecule has 8 heteroatoms. The van der Waals surface area contributed by atoms with Crippen molar-refractivity contribution in [1.29, 1.82) is 0 Å². The maximum atomic E-state index is 13.7. The van der Waals surface area contributed by atoms with Crippen molar-refractivity contribution in [2.24, 2.45) is 0 Å². The molecule has 1 aromatic heterocycles. The highest BCUT2D eigenvalue weighted by Gasteiger charge is 2.36. The minimum atomic E-state index is -0.586. The Morgan fingerprint density at radius 2 is 1.78 bits per heavy atom. The zero-order valence-electron chi connectivity index (χ0n) is 20.6. The summed E-state index contributed by atoms with van der Waals surface area (Å²) in [5.74, 6) is 2.10. The molecule has 0 spiro atoms. The van der Waals surface area contributed by atoms with Gasteiger partial charge in [0.25, 0.3) is 5.91 Å². The lowest BCUT2D eigenvalue weighted by atomic mass is 9.94. The number of carbonyl (C=O) groups excluding carboxylic acids is 1. The number of hydrogen-bond acceptors (Lipinski definition) is 6. The van der Waals surface area contributed by atoms with E-state index in [1.807, 2.05) is 80.6 Å². The van der Waals surface area contributed by atoms with Crippen molar-refractivity contribution >= 4 is 17.5 Å². The number of methoxy groups -OCH3 is 2. The fraction of sp³-hybridized carbons (Fsp3) is 0.179. The molecule has 1 aliphatic rings. The van der Waals surface area contributed by atoms with Crippen LogP contribution in [0.4, 0.5) is 11.6 Å². The monoisotopic (exact) mass is 481 g/mol. The van der Waals surface area contributed by atoms with Gasteiger partial charge >= 0.3 is 0 Å². The highest BCUT2D eigenvalue weighted by Crippen LogP contribution is 2.41. The van der Waals surface area contributed by atoms with Crippen LogP contribution in [0.3, 0.4) is 0 Å². The number of aryl methyl sites for hydroxylation is 1. The molecule has 0 saturated heterocycles. The summed E-state index contributed by atoms with van der Waals surface area (Å²) in [6.45, 7) is 3.90. The standard InChI is InChI=1S/C28H27N5O3/c1-17-9-8-10-19(15-17)26-31-28-29-18(2)24(27(34)30-20-11-6-5-7-12-20)25(33(28)32-26)22-14-13-21(35-3)16-23(22)36-4/h5-16,25H,1-4H3,(H,30,34)(H,29,31,32). The van der Waals surface area contributed by atoms with Gasteiger partial charge in [0, 0.05) is 28.6 Å². The Morgan fingerprint density at radius 3 is 2.50 bits per heavy atom. The molecule has 1 aliphatic heterocycles. The van der Waals surface area contributed by atoms with Gasteiger partial charge in [-0.25, -0.2) is 4.68 Å². The Labute approximate surface area is 209 Å². The molecule has 2 heterocycles. The maximum Gasteiger partial charge on any atom is 0.255 e. The average molecular weight is 482 g/mol. The third-order valence-corrected chi connectivity index (χ3v) is 6.14. The summed E-state index contributed by atoms with van der Waals surface area (Å²) >= 11 is 0. The van der Waals surface area contributed by atoms with Crippen molar-refractivity contribution in [1.82, 2.24) is 14.8 Å². The van der Waals surface area contributed by atoms with Gasteiger partial charge < -0.3 is 20.1 Å². The minimum absolute atomic E-state index is 0.243. The van der Waals surface area contributed by atoms with Crippen LogP contribution in [0.25, 0.3) is 11.4 Å². The van der Waals surface area contributed by atoms with Gasteiger partial charge in [-0.1, -0.05) is 42.0 Å². The van der Waals surface area contributed by atoms with Gasteiger partial charge in [0.2, 0.25) is 5.95 Å². The second kappa shape index (κ2) is 9.58. The van der Waals surface area contributed by atoms with E-state index in [0.717, 1.165) is 16.7 Å². The summed E-state index contributed by atoms with van der Waals surface area (Å²) in [6.07, 6.45) is 0. The SMILES string of the molecule is COc1ccc(C2C(C(=O)Nc3ccccc3)=C(C)Nc3nc(-c4cccc(C)c4)nn32)c(OC)c1. The molecular weight excluding hydrogens is 454 g/mol. The van der Waals surface area contributed by atoms with Gasteiger partial charge in [-0.05, 0) is 44.2 Å². The summed E-state index contributed by atoms with van der Waals surface area (Å²) in [6, 6.07) is 22.3. The lowest BCUT2D eigenvalue weighted by molar-refractivity contribution is -0.113. The molecule has 0 aliphatic carbocycles. The molecule has 1 amide bonds. The molecule has 1 unspecified atom stereocenters. The molecule has 36 heavy (non-hydrogen) atoms. The van der Waals surface area contributed by atoms with E-state index in [1.165, 1.54) is 0 Å². The van der Waals surface area contributed by atoms with Crippen molar-refractivity contribution in [2.45, 2.75) is 19.9 Å². The molecule has 8 nitrogen and oxygen atoms in total. The zero-order chi connectivity index (χ0) is 25.2. The molecular formula is C28H27N5O3. The Bertz CT molecular complexity index is 1460. The zero-order valence-corrected chi connectivity index (χ0v) is 20.6. The number of rotatable bonds is 6.